The summed E-state index contributed by atoms with van der Waals surface area (Å²) in [5, 5.41) is 10.2. The van der Waals surface area contributed by atoms with Crippen molar-refractivity contribution >= 4 is 40.6 Å². The lowest BCUT2D eigenvalue weighted by molar-refractivity contribution is -0.123. The number of rotatable bonds is 6. The number of hydrogen-bond donors (Lipinski definition) is 1. The first-order valence-corrected chi connectivity index (χ1v) is 9.19. The number of aromatic hydroxyl groups is 1. The fourth-order valence-corrected chi connectivity index (χ4v) is 3.51. The second-order valence-electron chi connectivity index (χ2n) is 5.51. The molecule has 0 saturated carbocycles. The van der Waals surface area contributed by atoms with E-state index in [0.717, 1.165) is 16.7 Å². The molecule has 140 valence electrons. The number of nitrogens with zero attached hydrogens (tertiary/aromatic N) is 1. The molecule has 0 atom stereocenters. The highest BCUT2D eigenvalue weighted by molar-refractivity contribution is 8.18. The minimum atomic E-state index is -0.435. The van der Waals surface area contributed by atoms with Crippen LogP contribution in [0.2, 0.25) is 5.02 Å². The average molecular weight is 406 g/mol. The summed E-state index contributed by atoms with van der Waals surface area (Å²) >= 11 is 6.82. The molecule has 0 bridgehead atoms. The molecule has 2 amide bonds. The van der Waals surface area contributed by atoms with Crippen LogP contribution in [0, 0.1) is 0 Å². The number of methoxy groups -OCH3 is 1. The van der Waals surface area contributed by atoms with Gasteiger partial charge >= 0.3 is 0 Å². The zero-order valence-corrected chi connectivity index (χ0v) is 15.9. The predicted octanol–water partition coefficient (Wildman–Crippen LogP) is 4.17. The smallest absolute Gasteiger partial charge is 0.293 e. The molecule has 0 aromatic heterocycles. The summed E-state index contributed by atoms with van der Waals surface area (Å²) < 4.78 is 10.6. The van der Waals surface area contributed by atoms with Crippen molar-refractivity contribution in [3.63, 3.8) is 0 Å². The maximum absolute atomic E-state index is 12.5. The van der Waals surface area contributed by atoms with Gasteiger partial charge in [0.1, 0.15) is 12.4 Å². The van der Waals surface area contributed by atoms with Crippen molar-refractivity contribution in [2.45, 2.75) is 0 Å². The number of phenols is 1. The van der Waals surface area contributed by atoms with E-state index in [9.17, 15) is 14.7 Å². The molecule has 2 aromatic rings. The lowest BCUT2D eigenvalue weighted by Gasteiger charge is -2.13. The average Bonchev–Trinajstić information content (AvgIpc) is 2.92. The molecule has 6 nitrogen and oxygen atoms in total. The quantitative estimate of drug-likeness (QED) is 0.727. The van der Waals surface area contributed by atoms with E-state index in [1.165, 1.54) is 13.2 Å². The molecule has 1 N–H and O–H groups in total. The largest absolute Gasteiger partial charge is 0.504 e. The topological polar surface area (TPSA) is 76.1 Å². The van der Waals surface area contributed by atoms with E-state index >= 15 is 0 Å². The van der Waals surface area contributed by atoms with Crippen LogP contribution in [-0.2, 0) is 4.79 Å². The van der Waals surface area contributed by atoms with E-state index in [1.807, 2.05) is 0 Å². The van der Waals surface area contributed by atoms with Gasteiger partial charge in [-0.3, -0.25) is 14.5 Å². The Kier molecular flexibility index (Phi) is 5.93. The number of para-hydroxylation sites is 2. The molecule has 1 fully saturated rings. The highest BCUT2D eigenvalue weighted by atomic mass is 35.5. The Morgan fingerprint density at radius 3 is 2.63 bits per heavy atom. The van der Waals surface area contributed by atoms with Crippen molar-refractivity contribution in [1.82, 2.24) is 4.90 Å². The van der Waals surface area contributed by atoms with Crippen LogP contribution in [0.5, 0.6) is 17.2 Å². The van der Waals surface area contributed by atoms with Crippen molar-refractivity contribution < 1.29 is 24.2 Å². The third kappa shape index (κ3) is 4.20. The number of ether oxygens (including phenoxy) is 2. The van der Waals surface area contributed by atoms with Crippen LogP contribution in [-0.4, -0.2) is 41.4 Å². The molecule has 2 aromatic carbocycles. The highest BCUT2D eigenvalue weighted by Gasteiger charge is 2.35. The molecule has 0 unspecified atom stereocenters. The van der Waals surface area contributed by atoms with E-state index in [-0.39, 0.29) is 29.6 Å². The number of halogens is 1. The van der Waals surface area contributed by atoms with E-state index in [1.54, 1.807) is 42.5 Å². The lowest BCUT2D eigenvalue weighted by Crippen LogP contribution is -2.32. The van der Waals surface area contributed by atoms with Gasteiger partial charge in [0.05, 0.1) is 23.6 Å². The Balaban J connectivity index is 1.69. The lowest BCUT2D eigenvalue weighted by atomic mass is 10.1. The van der Waals surface area contributed by atoms with Crippen LogP contribution in [0.25, 0.3) is 6.08 Å². The van der Waals surface area contributed by atoms with Gasteiger partial charge in [-0.05, 0) is 36.0 Å². The SMILES string of the molecule is COc1cccc(/C=C2\SC(=O)N(CCOc3ccccc3Cl)C2=O)c1O. The van der Waals surface area contributed by atoms with Crippen LogP contribution in [0.4, 0.5) is 4.79 Å². The molecule has 0 radical (unpaired) electrons. The molecule has 0 spiro atoms. The summed E-state index contributed by atoms with van der Waals surface area (Å²) in [6, 6.07) is 11.9. The first kappa shape index (κ1) is 19.1. The second-order valence-corrected chi connectivity index (χ2v) is 6.91. The number of carbonyl (C=O) groups excluding carboxylic acids is 2. The van der Waals surface area contributed by atoms with Crippen molar-refractivity contribution in [3.8, 4) is 17.2 Å². The Morgan fingerprint density at radius 2 is 1.89 bits per heavy atom. The van der Waals surface area contributed by atoms with Crippen LogP contribution < -0.4 is 9.47 Å². The van der Waals surface area contributed by atoms with Gasteiger partial charge in [-0.2, -0.15) is 0 Å². The summed E-state index contributed by atoms with van der Waals surface area (Å²) in [4.78, 5) is 26.0. The Bertz CT molecular complexity index is 915. The van der Waals surface area contributed by atoms with Gasteiger partial charge < -0.3 is 14.6 Å². The number of amides is 2. The number of imide groups is 1. The van der Waals surface area contributed by atoms with E-state index < -0.39 is 11.1 Å². The predicted molar refractivity (Wildman–Crippen MR) is 104 cm³/mol. The maximum atomic E-state index is 12.5. The molecule has 3 rings (SSSR count). The van der Waals surface area contributed by atoms with Crippen LogP contribution >= 0.6 is 23.4 Å². The maximum Gasteiger partial charge on any atom is 0.293 e. The van der Waals surface area contributed by atoms with Crippen LogP contribution in [0.3, 0.4) is 0 Å². The summed E-state index contributed by atoms with van der Waals surface area (Å²) in [6.07, 6.45) is 1.47. The Morgan fingerprint density at radius 1 is 1.15 bits per heavy atom. The minimum Gasteiger partial charge on any atom is -0.504 e. The molecule has 0 aliphatic carbocycles. The third-order valence-electron chi connectivity index (χ3n) is 3.82. The summed E-state index contributed by atoms with van der Waals surface area (Å²) in [7, 11) is 1.44. The number of thioether (sulfide) groups is 1. The molecular formula is C19H16ClNO5S. The molecule has 1 aliphatic rings. The van der Waals surface area contributed by atoms with Crippen molar-refractivity contribution in [2.24, 2.45) is 0 Å². The summed E-state index contributed by atoms with van der Waals surface area (Å²) in [6.45, 7) is 0.219. The van der Waals surface area contributed by atoms with E-state index in [2.05, 4.69) is 0 Å². The fraction of sp³-hybridized carbons (Fsp3) is 0.158. The first-order chi connectivity index (χ1) is 13.0. The van der Waals surface area contributed by atoms with Crippen molar-refractivity contribution in [3.05, 3.63) is 58.0 Å². The van der Waals surface area contributed by atoms with Crippen molar-refractivity contribution in [2.75, 3.05) is 20.3 Å². The molecular weight excluding hydrogens is 390 g/mol. The number of carbonyl (C=O) groups is 2. The van der Waals surface area contributed by atoms with Crippen molar-refractivity contribution in [1.29, 1.82) is 0 Å². The van der Waals surface area contributed by atoms with Gasteiger partial charge in [0.25, 0.3) is 11.1 Å². The minimum absolute atomic E-state index is 0.0890. The number of benzene rings is 2. The second kappa shape index (κ2) is 8.37. The number of phenolic OH excluding ortho intramolecular Hbond substituents is 1. The Labute approximate surface area is 165 Å². The van der Waals surface area contributed by atoms with Crippen LogP contribution in [0.15, 0.2) is 47.4 Å². The van der Waals surface area contributed by atoms with Gasteiger partial charge in [-0.1, -0.05) is 35.9 Å². The first-order valence-electron chi connectivity index (χ1n) is 8.00. The fourth-order valence-electron chi connectivity index (χ4n) is 2.46. The van der Waals surface area contributed by atoms with Gasteiger partial charge in [0.2, 0.25) is 0 Å². The number of hydrogen-bond acceptors (Lipinski definition) is 6. The molecule has 27 heavy (non-hydrogen) atoms. The summed E-state index contributed by atoms with van der Waals surface area (Å²) in [5.74, 6) is 0.253. The molecule has 1 aliphatic heterocycles. The van der Waals surface area contributed by atoms with Gasteiger partial charge in [-0.15, -0.1) is 0 Å². The standard InChI is InChI=1S/C19H16ClNO5S/c1-25-15-8-4-5-12(17(15)22)11-16-18(23)21(19(24)27-16)9-10-26-14-7-3-2-6-13(14)20/h2-8,11,22H,9-10H2,1H3/b16-11-. The van der Waals surface area contributed by atoms with Gasteiger partial charge in [0.15, 0.2) is 11.5 Å². The molecule has 1 heterocycles. The normalized spacial score (nSPS) is 15.5. The highest BCUT2D eigenvalue weighted by Crippen LogP contribution is 2.36. The molecule has 1 saturated heterocycles. The van der Waals surface area contributed by atoms with Gasteiger partial charge in [0, 0.05) is 5.56 Å². The van der Waals surface area contributed by atoms with Gasteiger partial charge in [-0.25, -0.2) is 0 Å². The molecule has 8 heteroatoms. The van der Waals surface area contributed by atoms with Crippen LogP contribution in [0.1, 0.15) is 5.56 Å². The van der Waals surface area contributed by atoms with E-state index in [4.69, 9.17) is 21.1 Å². The zero-order chi connectivity index (χ0) is 19.4. The monoisotopic (exact) mass is 405 g/mol. The third-order valence-corrected chi connectivity index (χ3v) is 5.04. The van der Waals surface area contributed by atoms with E-state index in [0.29, 0.717) is 16.3 Å². The summed E-state index contributed by atoms with van der Waals surface area (Å²) in [5.41, 5.74) is 0.396. The Hall–Kier alpha value is -2.64. The zero-order valence-electron chi connectivity index (χ0n) is 14.3.